The van der Waals surface area contributed by atoms with Crippen molar-refractivity contribution >= 4 is 22.6 Å². The predicted molar refractivity (Wildman–Crippen MR) is 100.0 cm³/mol. The van der Waals surface area contributed by atoms with E-state index in [-0.39, 0.29) is 22.6 Å². The largest absolute Gasteiger partial charge is 0.477 e. The number of aromatic carboxylic acids is 1. The van der Waals surface area contributed by atoms with Crippen LogP contribution < -0.4 is 15.6 Å². The molecule has 1 unspecified atom stereocenters. The van der Waals surface area contributed by atoms with E-state index in [1.54, 1.807) is 18.4 Å². The summed E-state index contributed by atoms with van der Waals surface area (Å²) in [5.41, 5.74) is 1.05. The van der Waals surface area contributed by atoms with Crippen LogP contribution in [0, 0.1) is 19.7 Å². The fourth-order valence-electron chi connectivity index (χ4n) is 3.89. The van der Waals surface area contributed by atoms with E-state index in [1.165, 1.54) is 6.20 Å². The molecule has 26 heavy (non-hydrogen) atoms. The van der Waals surface area contributed by atoms with Crippen LogP contribution in [0.3, 0.4) is 0 Å². The maximum atomic E-state index is 15.3. The Kier molecular flexibility index (Phi) is 4.75. The molecule has 7 heteroatoms. The number of carbonyl (C=O) groups is 1. The van der Waals surface area contributed by atoms with E-state index in [0.717, 1.165) is 6.54 Å². The number of aromatic nitrogens is 1. The van der Waals surface area contributed by atoms with Gasteiger partial charge in [0.1, 0.15) is 5.56 Å². The number of aryl methyl sites for hydroxylation is 3. The minimum absolute atomic E-state index is 0.161. The molecule has 0 aliphatic carbocycles. The van der Waals surface area contributed by atoms with Gasteiger partial charge >= 0.3 is 5.97 Å². The van der Waals surface area contributed by atoms with Gasteiger partial charge in [0, 0.05) is 44.0 Å². The molecule has 2 N–H and O–H groups in total. The number of rotatable bonds is 3. The summed E-state index contributed by atoms with van der Waals surface area (Å²) in [7, 11) is 0. The Morgan fingerprint density at radius 3 is 2.65 bits per heavy atom. The maximum absolute atomic E-state index is 15.3. The van der Waals surface area contributed by atoms with Crippen LogP contribution in [0.5, 0.6) is 0 Å². The first kappa shape index (κ1) is 18.4. The summed E-state index contributed by atoms with van der Waals surface area (Å²) in [6.07, 6.45) is 1.36. The Morgan fingerprint density at radius 1 is 1.38 bits per heavy atom. The fourth-order valence-corrected chi connectivity index (χ4v) is 3.89. The highest BCUT2D eigenvalue weighted by Crippen LogP contribution is 2.34. The molecule has 3 rings (SSSR count). The van der Waals surface area contributed by atoms with Crippen LogP contribution in [0.25, 0.3) is 10.9 Å². The molecule has 0 saturated carbocycles. The van der Waals surface area contributed by atoms with Gasteiger partial charge in [0.25, 0.3) is 0 Å². The van der Waals surface area contributed by atoms with Crippen molar-refractivity contribution in [2.24, 2.45) is 0 Å². The first-order valence-corrected chi connectivity index (χ1v) is 8.85. The van der Waals surface area contributed by atoms with Gasteiger partial charge in [-0.25, -0.2) is 9.18 Å². The van der Waals surface area contributed by atoms with Gasteiger partial charge < -0.3 is 19.9 Å². The van der Waals surface area contributed by atoms with E-state index in [4.69, 9.17) is 0 Å². The zero-order chi connectivity index (χ0) is 19.2. The van der Waals surface area contributed by atoms with Crippen molar-refractivity contribution in [2.45, 2.75) is 40.3 Å². The number of halogens is 1. The lowest BCUT2D eigenvalue weighted by molar-refractivity contribution is 0.0695. The van der Waals surface area contributed by atoms with Crippen LogP contribution in [-0.2, 0) is 6.54 Å². The Morgan fingerprint density at radius 2 is 2.08 bits per heavy atom. The number of carboxylic acids is 1. The second kappa shape index (κ2) is 6.72. The Bertz CT molecular complexity index is 952. The highest BCUT2D eigenvalue weighted by atomic mass is 19.1. The quantitative estimate of drug-likeness (QED) is 0.877. The summed E-state index contributed by atoms with van der Waals surface area (Å²) in [6.45, 7) is 9.88. The van der Waals surface area contributed by atoms with E-state index in [2.05, 4.69) is 12.2 Å². The fraction of sp³-hybridized carbons (Fsp3) is 0.474. The number of nitrogens with zero attached hydrogens (tertiary/aromatic N) is 2. The Labute approximate surface area is 151 Å². The minimum Gasteiger partial charge on any atom is -0.477 e. The van der Waals surface area contributed by atoms with Crippen LogP contribution in [0.4, 0.5) is 10.1 Å². The number of carboxylic acid groups (broad SMARTS) is 1. The molecule has 1 aromatic heterocycles. The summed E-state index contributed by atoms with van der Waals surface area (Å²) in [6, 6.07) is 0.237. The van der Waals surface area contributed by atoms with Crippen LogP contribution in [0.15, 0.2) is 11.0 Å². The van der Waals surface area contributed by atoms with Crippen molar-refractivity contribution in [2.75, 3.05) is 24.5 Å². The van der Waals surface area contributed by atoms with Gasteiger partial charge in [-0.05, 0) is 33.3 Å². The highest BCUT2D eigenvalue weighted by Gasteiger charge is 2.27. The number of hydrogen-bond acceptors (Lipinski definition) is 4. The lowest BCUT2D eigenvalue weighted by atomic mass is 9.98. The average Bonchev–Trinajstić information content (AvgIpc) is 2.59. The molecule has 1 aliphatic rings. The SMILES string of the molecule is CCn1cc(C(=O)O)c(=O)c2c(C)c(F)c(N3CCNC(C)C3)c(C)c21. The normalized spacial score (nSPS) is 17.7. The zero-order valence-electron chi connectivity index (χ0n) is 15.5. The number of piperazine rings is 1. The van der Waals surface area contributed by atoms with Gasteiger partial charge in [-0.15, -0.1) is 0 Å². The molecule has 140 valence electrons. The standard InChI is InChI=1S/C19H24FN3O3/c1-5-22-9-13(19(25)26)18(24)14-11(3)15(20)17(12(4)16(14)22)23-7-6-21-10(2)8-23/h9-10,21H,5-8H2,1-4H3,(H,25,26). The number of nitrogens with one attached hydrogen (secondary N) is 1. The van der Waals surface area contributed by atoms with E-state index < -0.39 is 17.2 Å². The Balaban J connectivity index is 2.39. The third-order valence-electron chi connectivity index (χ3n) is 5.16. The maximum Gasteiger partial charge on any atom is 0.341 e. The smallest absolute Gasteiger partial charge is 0.341 e. The summed E-state index contributed by atoms with van der Waals surface area (Å²) in [5.74, 6) is -1.73. The van der Waals surface area contributed by atoms with Gasteiger partial charge in [-0.1, -0.05) is 0 Å². The molecule has 2 aromatic rings. The molecule has 0 spiro atoms. The molecule has 6 nitrogen and oxygen atoms in total. The first-order chi connectivity index (χ1) is 12.3. The number of pyridine rings is 1. The van der Waals surface area contributed by atoms with E-state index >= 15 is 4.39 Å². The van der Waals surface area contributed by atoms with E-state index in [0.29, 0.717) is 36.4 Å². The molecule has 0 bridgehead atoms. The number of fused-ring (bicyclic) bond motifs is 1. The molecule has 1 aliphatic heterocycles. The highest BCUT2D eigenvalue weighted by molar-refractivity contribution is 5.96. The van der Waals surface area contributed by atoms with Crippen molar-refractivity contribution < 1.29 is 14.3 Å². The molecular weight excluding hydrogens is 337 g/mol. The number of benzene rings is 1. The third-order valence-corrected chi connectivity index (χ3v) is 5.16. The molecule has 0 radical (unpaired) electrons. The lowest BCUT2D eigenvalue weighted by Crippen LogP contribution is -2.49. The van der Waals surface area contributed by atoms with Crippen molar-refractivity contribution in [1.82, 2.24) is 9.88 Å². The molecule has 2 heterocycles. The molecular formula is C19H24FN3O3. The number of hydrogen-bond donors (Lipinski definition) is 2. The van der Waals surface area contributed by atoms with Gasteiger partial charge in [0.05, 0.1) is 16.6 Å². The molecule has 0 amide bonds. The molecule has 1 atom stereocenters. The molecule has 1 fully saturated rings. The van der Waals surface area contributed by atoms with Gasteiger partial charge in [0.15, 0.2) is 5.82 Å². The van der Waals surface area contributed by atoms with Crippen molar-refractivity contribution in [3.05, 3.63) is 38.9 Å². The van der Waals surface area contributed by atoms with E-state index in [1.807, 2.05) is 11.8 Å². The lowest BCUT2D eigenvalue weighted by Gasteiger charge is -2.35. The summed E-state index contributed by atoms with van der Waals surface area (Å²) in [5, 5.41) is 12.8. The van der Waals surface area contributed by atoms with Gasteiger partial charge in [-0.2, -0.15) is 0 Å². The third kappa shape index (κ3) is 2.76. The second-order valence-electron chi connectivity index (χ2n) is 6.90. The summed E-state index contributed by atoms with van der Waals surface area (Å²) >= 11 is 0. The molecule has 1 saturated heterocycles. The topological polar surface area (TPSA) is 74.6 Å². The second-order valence-corrected chi connectivity index (χ2v) is 6.90. The van der Waals surface area contributed by atoms with Crippen molar-refractivity contribution in [3.8, 4) is 0 Å². The van der Waals surface area contributed by atoms with Crippen LogP contribution in [-0.4, -0.2) is 41.3 Å². The van der Waals surface area contributed by atoms with E-state index in [9.17, 15) is 14.7 Å². The van der Waals surface area contributed by atoms with Crippen LogP contribution >= 0.6 is 0 Å². The van der Waals surface area contributed by atoms with Crippen LogP contribution in [0.2, 0.25) is 0 Å². The van der Waals surface area contributed by atoms with Crippen molar-refractivity contribution in [3.63, 3.8) is 0 Å². The molecule has 1 aromatic carbocycles. The van der Waals surface area contributed by atoms with Gasteiger partial charge in [0.2, 0.25) is 5.43 Å². The number of anilines is 1. The van der Waals surface area contributed by atoms with Gasteiger partial charge in [-0.3, -0.25) is 4.79 Å². The first-order valence-electron chi connectivity index (χ1n) is 8.85. The predicted octanol–water partition coefficient (Wildman–Crippen LogP) is 2.27. The average molecular weight is 361 g/mol. The Hall–Kier alpha value is -2.41. The summed E-state index contributed by atoms with van der Waals surface area (Å²) in [4.78, 5) is 26.2. The van der Waals surface area contributed by atoms with Crippen LogP contribution in [0.1, 0.15) is 35.3 Å². The zero-order valence-corrected chi connectivity index (χ0v) is 15.5. The summed E-state index contributed by atoms with van der Waals surface area (Å²) < 4.78 is 17.0. The van der Waals surface area contributed by atoms with Crippen molar-refractivity contribution in [1.29, 1.82) is 0 Å². The monoisotopic (exact) mass is 361 g/mol. The minimum atomic E-state index is -1.29.